The lowest BCUT2D eigenvalue weighted by Crippen LogP contribution is -2.56. The molecule has 2 atom stereocenters. The third kappa shape index (κ3) is 4.65. The van der Waals surface area contributed by atoms with Crippen molar-refractivity contribution in [2.24, 2.45) is 0 Å². The molecule has 2 unspecified atom stereocenters. The maximum atomic E-state index is 13.2. The van der Waals surface area contributed by atoms with E-state index in [0.29, 0.717) is 22.8 Å². The Balaban J connectivity index is 1.36. The first-order valence-electron chi connectivity index (χ1n) is 9.90. The molecular formula is C22H25ClFN3O. The number of carbonyl (C=O) groups is 1. The zero-order valence-corrected chi connectivity index (χ0v) is 16.5. The van der Waals surface area contributed by atoms with Crippen LogP contribution in [-0.2, 0) is 6.54 Å². The van der Waals surface area contributed by atoms with Crippen molar-refractivity contribution >= 4 is 23.3 Å². The van der Waals surface area contributed by atoms with Gasteiger partial charge in [-0.05, 0) is 61.6 Å². The minimum Gasteiger partial charge on any atom is -0.335 e. The lowest BCUT2D eigenvalue weighted by molar-refractivity contribution is 0.0200. The van der Waals surface area contributed by atoms with E-state index in [1.54, 1.807) is 12.1 Å². The van der Waals surface area contributed by atoms with E-state index >= 15 is 0 Å². The average molecular weight is 402 g/mol. The van der Waals surface area contributed by atoms with Crippen LogP contribution in [-0.4, -0.2) is 29.1 Å². The summed E-state index contributed by atoms with van der Waals surface area (Å²) in [6, 6.07) is 14.8. The lowest BCUT2D eigenvalue weighted by Gasteiger charge is -2.49. The third-order valence-corrected chi connectivity index (χ3v) is 6.06. The van der Waals surface area contributed by atoms with Crippen LogP contribution < -0.4 is 10.6 Å². The van der Waals surface area contributed by atoms with Gasteiger partial charge >= 0.3 is 6.03 Å². The first-order chi connectivity index (χ1) is 13.6. The Morgan fingerprint density at radius 1 is 1.11 bits per heavy atom. The highest BCUT2D eigenvalue weighted by atomic mass is 35.5. The van der Waals surface area contributed by atoms with Crippen LogP contribution in [0.25, 0.3) is 0 Å². The molecule has 2 saturated heterocycles. The summed E-state index contributed by atoms with van der Waals surface area (Å²) in [6.45, 7) is 0.844. The molecule has 28 heavy (non-hydrogen) atoms. The quantitative estimate of drug-likeness (QED) is 0.740. The molecule has 2 fully saturated rings. The van der Waals surface area contributed by atoms with Crippen LogP contribution in [0.1, 0.15) is 37.7 Å². The largest absolute Gasteiger partial charge is 0.335 e. The first-order valence-corrected chi connectivity index (χ1v) is 10.3. The number of urea groups is 1. The number of hydrogen-bond donors (Lipinski definition) is 2. The van der Waals surface area contributed by atoms with E-state index in [0.717, 1.165) is 37.8 Å². The minimum absolute atomic E-state index is 0.166. The molecule has 2 aromatic rings. The van der Waals surface area contributed by atoms with Crippen molar-refractivity contribution < 1.29 is 9.18 Å². The fourth-order valence-electron chi connectivity index (χ4n) is 4.57. The number of anilines is 1. The van der Waals surface area contributed by atoms with Crippen LogP contribution in [0, 0.1) is 5.82 Å². The summed E-state index contributed by atoms with van der Waals surface area (Å²) in [5.41, 5.74) is 1.84. The Kier molecular flexibility index (Phi) is 5.83. The molecule has 4 rings (SSSR count). The van der Waals surface area contributed by atoms with Crippen LogP contribution >= 0.6 is 11.6 Å². The molecule has 0 radical (unpaired) electrons. The van der Waals surface area contributed by atoms with Crippen LogP contribution in [0.5, 0.6) is 0 Å². The van der Waals surface area contributed by atoms with E-state index in [1.165, 1.54) is 18.6 Å². The summed E-state index contributed by atoms with van der Waals surface area (Å²) in [6.07, 6.45) is 5.41. The highest BCUT2D eigenvalue weighted by molar-refractivity contribution is 6.30. The summed E-state index contributed by atoms with van der Waals surface area (Å²) in [4.78, 5) is 14.9. The zero-order chi connectivity index (χ0) is 19.5. The average Bonchev–Trinajstić information content (AvgIpc) is 2.64. The van der Waals surface area contributed by atoms with Crippen molar-refractivity contribution in [3.8, 4) is 0 Å². The van der Waals surface area contributed by atoms with Gasteiger partial charge in [-0.25, -0.2) is 9.18 Å². The number of halogens is 2. The van der Waals surface area contributed by atoms with Crippen LogP contribution in [0.3, 0.4) is 0 Å². The summed E-state index contributed by atoms with van der Waals surface area (Å²) < 4.78 is 13.2. The van der Waals surface area contributed by atoms with E-state index in [2.05, 4.69) is 15.5 Å². The van der Waals surface area contributed by atoms with Gasteiger partial charge in [-0.1, -0.05) is 36.2 Å². The molecule has 2 amide bonds. The van der Waals surface area contributed by atoms with Gasteiger partial charge in [0, 0.05) is 35.4 Å². The Labute approximate surface area is 170 Å². The SMILES string of the molecule is O=C(Nc1cccc(Cl)c1)NC1CC2CCCC(C1)N2Cc1ccc(F)cc1. The topological polar surface area (TPSA) is 44.4 Å². The zero-order valence-electron chi connectivity index (χ0n) is 15.7. The van der Waals surface area contributed by atoms with E-state index in [1.807, 2.05) is 24.3 Å². The van der Waals surface area contributed by atoms with Crippen molar-refractivity contribution in [2.75, 3.05) is 5.32 Å². The molecule has 2 aliphatic rings. The number of hydrogen-bond acceptors (Lipinski definition) is 2. The van der Waals surface area contributed by atoms with Crippen molar-refractivity contribution in [2.45, 2.75) is 56.8 Å². The van der Waals surface area contributed by atoms with Crippen LogP contribution in [0.15, 0.2) is 48.5 Å². The van der Waals surface area contributed by atoms with Gasteiger partial charge in [-0.3, -0.25) is 4.90 Å². The molecule has 0 saturated carbocycles. The molecule has 2 aromatic carbocycles. The van der Waals surface area contributed by atoms with Crippen molar-refractivity contribution in [1.82, 2.24) is 10.2 Å². The Hall–Kier alpha value is -2.11. The summed E-state index contributed by atoms with van der Waals surface area (Å²) >= 11 is 5.98. The van der Waals surface area contributed by atoms with Gasteiger partial charge in [0.05, 0.1) is 0 Å². The van der Waals surface area contributed by atoms with E-state index in [4.69, 9.17) is 11.6 Å². The maximum Gasteiger partial charge on any atom is 0.319 e. The van der Waals surface area contributed by atoms with E-state index < -0.39 is 0 Å². The van der Waals surface area contributed by atoms with Gasteiger partial charge in [0.2, 0.25) is 0 Å². The highest BCUT2D eigenvalue weighted by Crippen LogP contribution is 2.35. The normalized spacial score (nSPS) is 24.6. The Bertz CT molecular complexity index is 815. The second-order valence-electron chi connectivity index (χ2n) is 7.81. The van der Waals surface area contributed by atoms with E-state index in [-0.39, 0.29) is 17.9 Å². The second kappa shape index (κ2) is 8.50. The molecule has 4 nitrogen and oxygen atoms in total. The summed E-state index contributed by atoms with van der Waals surface area (Å²) in [5, 5.41) is 6.60. The standard InChI is InChI=1S/C22H25ClFN3O/c23-16-3-1-4-18(11-16)25-22(28)26-19-12-20-5-2-6-21(13-19)27(20)14-15-7-9-17(24)10-8-15/h1,3-4,7-11,19-21H,2,5-6,12-14H2,(H2,25,26,28). The number of rotatable bonds is 4. The minimum atomic E-state index is -0.197. The number of carbonyl (C=O) groups excluding carboxylic acids is 1. The second-order valence-corrected chi connectivity index (χ2v) is 8.25. The number of benzene rings is 2. The molecule has 0 spiro atoms. The molecule has 0 aliphatic carbocycles. The lowest BCUT2D eigenvalue weighted by atomic mass is 9.81. The predicted molar refractivity (Wildman–Crippen MR) is 110 cm³/mol. The Morgan fingerprint density at radius 2 is 1.82 bits per heavy atom. The fourth-order valence-corrected chi connectivity index (χ4v) is 4.76. The fraction of sp³-hybridized carbons (Fsp3) is 0.409. The number of piperidine rings is 2. The molecule has 2 aliphatic heterocycles. The Morgan fingerprint density at radius 3 is 2.50 bits per heavy atom. The van der Waals surface area contributed by atoms with Crippen molar-refractivity contribution in [3.05, 3.63) is 64.9 Å². The smallest absolute Gasteiger partial charge is 0.319 e. The molecule has 2 heterocycles. The molecule has 148 valence electrons. The van der Waals surface area contributed by atoms with Crippen LogP contribution in [0.2, 0.25) is 5.02 Å². The molecule has 0 aromatic heterocycles. The number of nitrogens with one attached hydrogen (secondary N) is 2. The monoisotopic (exact) mass is 401 g/mol. The van der Waals surface area contributed by atoms with Crippen LogP contribution in [0.4, 0.5) is 14.9 Å². The van der Waals surface area contributed by atoms with Gasteiger partial charge in [0.15, 0.2) is 0 Å². The van der Waals surface area contributed by atoms with Crippen molar-refractivity contribution in [1.29, 1.82) is 0 Å². The van der Waals surface area contributed by atoms with Gasteiger partial charge in [0.1, 0.15) is 5.82 Å². The number of fused-ring (bicyclic) bond motifs is 2. The maximum absolute atomic E-state index is 13.2. The van der Waals surface area contributed by atoms with Gasteiger partial charge < -0.3 is 10.6 Å². The summed E-state index contributed by atoms with van der Waals surface area (Å²) in [5.74, 6) is -0.197. The molecule has 6 heteroatoms. The summed E-state index contributed by atoms with van der Waals surface area (Å²) in [7, 11) is 0. The van der Waals surface area contributed by atoms with Gasteiger partial charge in [-0.2, -0.15) is 0 Å². The first kappa shape index (κ1) is 19.2. The third-order valence-electron chi connectivity index (χ3n) is 5.82. The van der Waals surface area contributed by atoms with Gasteiger partial charge in [0.25, 0.3) is 0 Å². The van der Waals surface area contributed by atoms with Crippen molar-refractivity contribution in [3.63, 3.8) is 0 Å². The highest BCUT2D eigenvalue weighted by Gasteiger charge is 2.38. The van der Waals surface area contributed by atoms with Gasteiger partial charge in [-0.15, -0.1) is 0 Å². The molecule has 2 bridgehead atoms. The molecular weight excluding hydrogens is 377 g/mol. The van der Waals surface area contributed by atoms with E-state index in [9.17, 15) is 9.18 Å². The number of amides is 2. The molecule has 2 N–H and O–H groups in total. The number of nitrogens with zero attached hydrogens (tertiary/aromatic N) is 1. The predicted octanol–water partition coefficient (Wildman–Crippen LogP) is 5.19.